The van der Waals surface area contributed by atoms with Gasteiger partial charge in [0.1, 0.15) is 23.6 Å². The predicted octanol–water partition coefficient (Wildman–Crippen LogP) is 3.45. The monoisotopic (exact) mass is 337 g/mol. The average Bonchev–Trinajstić information content (AvgIpc) is 2.53. The second kappa shape index (κ2) is 7.97. The first kappa shape index (κ1) is 18.0. The van der Waals surface area contributed by atoms with E-state index in [9.17, 15) is 23.1 Å². The van der Waals surface area contributed by atoms with Gasteiger partial charge in [-0.05, 0) is 35.7 Å². The summed E-state index contributed by atoms with van der Waals surface area (Å²) < 4.78 is 40.0. The summed E-state index contributed by atoms with van der Waals surface area (Å²) in [6.07, 6.45) is -1.37. The molecule has 2 unspecified atom stereocenters. The fourth-order valence-corrected chi connectivity index (χ4v) is 2.40. The van der Waals surface area contributed by atoms with Gasteiger partial charge in [0, 0.05) is 13.0 Å². The zero-order valence-corrected chi connectivity index (χ0v) is 13.1. The highest BCUT2D eigenvalue weighted by Crippen LogP contribution is 2.21. The van der Waals surface area contributed by atoms with Crippen LogP contribution in [0.2, 0.25) is 0 Å². The Hall–Kier alpha value is -2.34. The standard InChI is InChI=1S/C18H18F3NO2/c1-11(12-5-7-13(19)8-6-12)9-17(24)22-10-16(23)18-14(20)3-2-4-15(18)21/h2-8,11,16,23H,9-10H2,1H3,(H,22,24). The molecule has 0 fully saturated rings. The number of carbonyl (C=O) groups is 1. The minimum absolute atomic E-state index is 0.109. The molecule has 128 valence electrons. The second-order valence-corrected chi connectivity index (χ2v) is 5.61. The van der Waals surface area contributed by atoms with Crippen LogP contribution in [0, 0.1) is 17.5 Å². The molecule has 2 aromatic rings. The first-order chi connectivity index (χ1) is 11.4. The zero-order chi connectivity index (χ0) is 17.7. The molecule has 2 aromatic carbocycles. The van der Waals surface area contributed by atoms with Crippen molar-refractivity contribution in [1.82, 2.24) is 5.32 Å². The molecule has 0 aliphatic carbocycles. The molecule has 0 heterocycles. The van der Waals surface area contributed by atoms with Gasteiger partial charge in [0.25, 0.3) is 0 Å². The Labute approximate surface area is 138 Å². The molecule has 2 rings (SSSR count). The highest BCUT2D eigenvalue weighted by Gasteiger charge is 2.19. The van der Waals surface area contributed by atoms with Crippen LogP contribution < -0.4 is 5.32 Å². The van der Waals surface area contributed by atoms with Gasteiger partial charge in [-0.15, -0.1) is 0 Å². The number of rotatable bonds is 6. The number of hydrogen-bond donors (Lipinski definition) is 2. The Balaban J connectivity index is 1.89. The first-order valence-electron chi connectivity index (χ1n) is 7.52. The van der Waals surface area contributed by atoms with Gasteiger partial charge in [0.2, 0.25) is 5.91 Å². The largest absolute Gasteiger partial charge is 0.386 e. The fraction of sp³-hybridized carbons (Fsp3) is 0.278. The molecule has 6 heteroatoms. The third-order valence-corrected chi connectivity index (χ3v) is 3.76. The Bertz CT molecular complexity index is 684. The molecule has 0 aromatic heterocycles. The van der Waals surface area contributed by atoms with Gasteiger partial charge < -0.3 is 10.4 Å². The van der Waals surface area contributed by atoms with Gasteiger partial charge in [-0.1, -0.05) is 25.1 Å². The van der Waals surface area contributed by atoms with Gasteiger partial charge >= 0.3 is 0 Å². The molecule has 0 aliphatic heterocycles. The van der Waals surface area contributed by atoms with Crippen molar-refractivity contribution < 1.29 is 23.1 Å². The van der Waals surface area contributed by atoms with Crippen molar-refractivity contribution in [2.24, 2.45) is 0 Å². The number of nitrogens with one attached hydrogen (secondary N) is 1. The van der Waals surface area contributed by atoms with Crippen LogP contribution in [0.3, 0.4) is 0 Å². The molecule has 2 N–H and O–H groups in total. The summed E-state index contributed by atoms with van der Waals surface area (Å²) in [7, 11) is 0. The van der Waals surface area contributed by atoms with E-state index in [-0.39, 0.29) is 30.6 Å². The van der Waals surface area contributed by atoms with Gasteiger partial charge in [0.05, 0.1) is 5.56 Å². The van der Waals surface area contributed by atoms with Crippen LogP contribution in [0.5, 0.6) is 0 Å². The number of carbonyl (C=O) groups excluding carboxylic acids is 1. The first-order valence-corrected chi connectivity index (χ1v) is 7.52. The normalized spacial score (nSPS) is 13.4. The summed E-state index contributed by atoms with van der Waals surface area (Å²) in [4.78, 5) is 11.9. The molecular weight excluding hydrogens is 319 g/mol. The molecule has 1 amide bonds. The van der Waals surface area contributed by atoms with Crippen molar-refractivity contribution in [3.63, 3.8) is 0 Å². The van der Waals surface area contributed by atoms with Gasteiger partial charge in [-0.3, -0.25) is 4.79 Å². The molecule has 0 spiro atoms. The van der Waals surface area contributed by atoms with E-state index in [1.54, 1.807) is 19.1 Å². The van der Waals surface area contributed by atoms with Crippen LogP contribution in [-0.2, 0) is 4.79 Å². The number of halogens is 3. The van der Waals surface area contributed by atoms with E-state index < -0.39 is 23.3 Å². The number of amides is 1. The average molecular weight is 337 g/mol. The number of aliphatic hydroxyl groups is 1. The molecule has 3 nitrogen and oxygen atoms in total. The van der Waals surface area contributed by atoms with Gasteiger partial charge in [-0.25, -0.2) is 13.2 Å². The van der Waals surface area contributed by atoms with E-state index in [0.29, 0.717) is 0 Å². The molecule has 0 radical (unpaired) electrons. The SMILES string of the molecule is CC(CC(=O)NCC(O)c1c(F)cccc1F)c1ccc(F)cc1. The highest BCUT2D eigenvalue weighted by atomic mass is 19.1. The van der Waals surface area contributed by atoms with E-state index in [2.05, 4.69) is 5.32 Å². The van der Waals surface area contributed by atoms with Crippen LogP contribution in [0.1, 0.15) is 36.5 Å². The smallest absolute Gasteiger partial charge is 0.220 e. The molecule has 2 atom stereocenters. The Kier molecular flexibility index (Phi) is 5.98. The van der Waals surface area contributed by atoms with Crippen LogP contribution in [0.4, 0.5) is 13.2 Å². The Morgan fingerprint density at radius 2 is 1.67 bits per heavy atom. The molecule has 0 bridgehead atoms. The van der Waals surface area contributed by atoms with E-state index >= 15 is 0 Å². The molecular formula is C18H18F3NO2. The third-order valence-electron chi connectivity index (χ3n) is 3.76. The predicted molar refractivity (Wildman–Crippen MR) is 83.8 cm³/mol. The Morgan fingerprint density at radius 3 is 2.25 bits per heavy atom. The van der Waals surface area contributed by atoms with Crippen molar-refractivity contribution >= 4 is 5.91 Å². The maximum Gasteiger partial charge on any atom is 0.220 e. The van der Waals surface area contributed by atoms with Crippen LogP contribution in [0.15, 0.2) is 42.5 Å². The summed E-state index contributed by atoms with van der Waals surface area (Å²) >= 11 is 0. The summed E-state index contributed by atoms with van der Waals surface area (Å²) in [5.74, 6) is -2.62. The van der Waals surface area contributed by atoms with E-state index in [1.165, 1.54) is 18.2 Å². The molecule has 0 saturated carbocycles. The Morgan fingerprint density at radius 1 is 1.08 bits per heavy atom. The van der Waals surface area contributed by atoms with Gasteiger partial charge in [0.15, 0.2) is 0 Å². The number of hydrogen-bond acceptors (Lipinski definition) is 2. The van der Waals surface area contributed by atoms with Crippen molar-refractivity contribution in [2.45, 2.75) is 25.4 Å². The minimum atomic E-state index is -1.48. The summed E-state index contributed by atoms with van der Waals surface area (Å²) in [6, 6.07) is 9.10. The highest BCUT2D eigenvalue weighted by molar-refractivity contribution is 5.76. The summed E-state index contributed by atoms with van der Waals surface area (Å²) in [6.45, 7) is 1.51. The van der Waals surface area contributed by atoms with Crippen molar-refractivity contribution in [2.75, 3.05) is 6.54 Å². The lowest BCUT2D eigenvalue weighted by Crippen LogP contribution is -2.29. The fourth-order valence-electron chi connectivity index (χ4n) is 2.40. The maximum absolute atomic E-state index is 13.5. The lowest BCUT2D eigenvalue weighted by molar-refractivity contribution is -0.121. The summed E-state index contributed by atoms with van der Waals surface area (Å²) in [5, 5.41) is 12.3. The topological polar surface area (TPSA) is 49.3 Å². The van der Waals surface area contributed by atoms with E-state index in [4.69, 9.17) is 0 Å². The van der Waals surface area contributed by atoms with Crippen LogP contribution >= 0.6 is 0 Å². The lowest BCUT2D eigenvalue weighted by atomic mass is 9.97. The molecule has 0 aliphatic rings. The maximum atomic E-state index is 13.5. The summed E-state index contributed by atoms with van der Waals surface area (Å²) in [5.41, 5.74) is 0.330. The van der Waals surface area contributed by atoms with Crippen molar-refractivity contribution in [3.8, 4) is 0 Å². The van der Waals surface area contributed by atoms with E-state index in [0.717, 1.165) is 17.7 Å². The van der Waals surface area contributed by atoms with Crippen LogP contribution in [0.25, 0.3) is 0 Å². The molecule has 24 heavy (non-hydrogen) atoms. The van der Waals surface area contributed by atoms with Gasteiger partial charge in [-0.2, -0.15) is 0 Å². The minimum Gasteiger partial charge on any atom is -0.386 e. The quantitative estimate of drug-likeness (QED) is 0.848. The molecule has 0 saturated heterocycles. The zero-order valence-electron chi connectivity index (χ0n) is 13.1. The number of benzene rings is 2. The van der Waals surface area contributed by atoms with Crippen LogP contribution in [-0.4, -0.2) is 17.6 Å². The van der Waals surface area contributed by atoms with E-state index in [1.807, 2.05) is 0 Å². The van der Waals surface area contributed by atoms with Crippen molar-refractivity contribution in [3.05, 3.63) is 71.0 Å². The lowest BCUT2D eigenvalue weighted by Gasteiger charge is -2.16. The van der Waals surface area contributed by atoms with Crippen molar-refractivity contribution in [1.29, 1.82) is 0 Å². The third kappa shape index (κ3) is 4.58. The number of aliphatic hydroxyl groups excluding tert-OH is 1. The second-order valence-electron chi connectivity index (χ2n) is 5.61.